The Morgan fingerprint density at radius 3 is 2.33 bits per heavy atom. The fourth-order valence-corrected chi connectivity index (χ4v) is 0.530. The molecule has 2 N–H and O–H groups in total. The standard InChI is InChI=1S/C7H14O2/c1-3-7(9)5-4-6(2)8/h3,6-9H,1,4-5H2,2H3/t6-,7+/m1/s1. The van der Waals surface area contributed by atoms with E-state index in [0.717, 1.165) is 0 Å². The molecule has 0 aliphatic carbocycles. The van der Waals surface area contributed by atoms with Crippen molar-refractivity contribution in [3.63, 3.8) is 0 Å². The van der Waals surface area contributed by atoms with Crippen LogP contribution < -0.4 is 0 Å². The van der Waals surface area contributed by atoms with Gasteiger partial charge in [0, 0.05) is 0 Å². The van der Waals surface area contributed by atoms with E-state index in [9.17, 15) is 0 Å². The highest BCUT2D eigenvalue weighted by molar-refractivity contribution is 4.77. The van der Waals surface area contributed by atoms with Crippen molar-refractivity contribution in [3.05, 3.63) is 12.7 Å². The summed E-state index contributed by atoms with van der Waals surface area (Å²) in [6.07, 6.45) is 1.93. The average molecular weight is 130 g/mol. The zero-order valence-electron chi connectivity index (χ0n) is 5.75. The maximum Gasteiger partial charge on any atom is 0.0719 e. The first-order valence-corrected chi connectivity index (χ1v) is 3.15. The van der Waals surface area contributed by atoms with Gasteiger partial charge in [-0.3, -0.25) is 0 Å². The molecule has 9 heavy (non-hydrogen) atoms. The molecule has 0 unspecified atom stereocenters. The van der Waals surface area contributed by atoms with Gasteiger partial charge in [-0.25, -0.2) is 0 Å². The van der Waals surface area contributed by atoms with Crippen LogP contribution in [0, 0.1) is 0 Å². The van der Waals surface area contributed by atoms with Crippen molar-refractivity contribution >= 4 is 0 Å². The fraction of sp³-hybridized carbons (Fsp3) is 0.714. The number of hydrogen-bond acceptors (Lipinski definition) is 2. The van der Waals surface area contributed by atoms with E-state index in [0.29, 0.717) is 12.8 Å². The van der Waals surface area contributed by atoms with Crippen LogP contribution in [0.2, 0.25) is 0 Å². The van der Waals surface area contributed by atoms with Gasteiger partial charge in [0.25, 0.3) is 0 Å². The molecule has 0 aliphatic rings. The first-order chi connectivity index (χ1) is 4.16. The maximum absolute atomic E-state index is 8.88. The van der Waals surface area contributed by atoms with Crippen LogP contribution in [0.25, 0.3) is 0 Å². The molecule has 0 aromatic carbocycles. The topological polar surface area (TPSA) is 40.5 Å². The van der Waals surface area contributed by atoms with E-state index in [2.05, 4.69) is 6.58 Å². The van der Waals surface area contributed by atoms with Crippen LogP contribution in [-0.4, -0.2) is 22.4 Å². The van der Waals surface area contributed by atoms with Crippen molar-refractivity contribution in [2.24, 2.45) is 0 Å². The smallest absolute Gasteiger partial charge is 0.0719 e. The molecule has 0 radical (unpaired) electrons. The van der Waals surface area contributed by atoms with Crippen molar-refractivity contribution in [2.45, 2.75) is 32.0 Å². The van der Waals surface area contributed by atoms with Crippen LogP contribution in [-0.2, 0) is 0 Å². The lowest BCUT2D eigenvalue weighted by Gasteiger charge is -2.05. The van der Waals surface area contributed by atoms with Gasteiger partial charge in [-0.15, -0.1) is 6.58 Å². The fourth-order valence-electron chi connectivity index (χ4n) is 0.530. The van der Waals surface area contributed by atoms with Crippen molar-refractivity contribution in [1.82, 2.24) is 0 Å². The highest BCUT2D eigenvalue weighted by atomic mass is 16.3. The van der Waals surface area contributed by atoms with Crippen LogP contribution in [0.4, 0.5) is 0 Å². The van der Waals surface area contributed by atoms with Gasteiger partial charge in [-0.1, -0.05) is 6.08 Å². The first kappa shape index (κ1) is 8.66. The molecular formula is C7H14O2. The number of hydrogen-bond donors (Lipinski definition) is 2. The van der Waals surface area contributed by atoms with E-state index in [1.807, 2.05) is 0 Å². The largest absolute Gasteiger partial charge is 0.393 e. The third kappa shape index (κ3) is 5.53. The summed E-state index contributed by atoms with van der Waals surface area (Å²) in [5.74, 6) is 0. The molecular weight excluding hydrogens is 116 g/mol. The van der Waals surface area contributed by atoms with E-state index in [-0.39, 0.29) is 6.10 Å². The molecule has 0 aromatic heterocycles. The molecule has 0 saturated carbocycles. The van der Waals surface area contributed by atoms with E-state index < -0.39 is 6.10 Å². The zero-order chi connectivity index (χ0) is 7.28. The van der Waals surface area contributed by atoms with Gasteiger partial charge in [-0.2, -0.15) is 0 Å². The maximum atomic E-state index is 8.88. The summed E-state index contributed by atoms with van der Waals surface area (Å²) in [7, 11) is 0. The molecule has 0 amide bonds. The highest BCUT2D eigenvalue weighted by Crippen LogP contribution is 2.00. The Balaban J connectivity index is 3.16. The van der Waals surface area contributed by atoms with Crippen LogP contribution in [0.3, 0.4) is 0 Å². The molecule has 2 nitrogen and oxygen atoms in total. The summed E-state index contributed by atoms with van der Waals surface area (Å²) in [5, 5.41) is 17.6. The Hall–Kier alpha value is -0.340. The van der Waals surface area contributed by atoms with Crippen molar-refractivity contribution in [1.29, 1.82) is 0 Å². The average Bonchev–Trinajstić information content (AvgIpc) is 1.83. The molecule has 0 saturated heterocycles. The third-order valence-electron chi connectivity index (χ3n) is 1.15. The monoisotopic (exact) mass is 130 g/mol. The van der Waals surface area contributed by atoms with Gasteiger partial charge >= 0.3 is 0 Å². The molecule has 0 heterocycles. The SMILES string of the molecule is C=C[C@H](O)CC[C@@H](C)O. The van der Waals surface area contributed by atoms with E-state index in [4.69, 9.17) is 10.2 Å². The summed E-state index contributed by atoms with van der Waals surface area (Å²) >= 11 is 0. The minimum absolute atomic E-state index is 0.320. The lowest BCUT2D eigenvalue weighted by molar-refractivity contribution is 0.146. The molecule has 2 atom stereocenters. The predicted molar refractivity (Wildman–Crippen MR) is 37.1 cm³/mol. The Morgan fingerprint density at radius 1 is 1.44 bits per heavy atom. The summed E-state index contributed by atoms with van der Waals surface area (Å²) in [4.78, 5) is 0. The normalized spacial score (nSPS) is 16.8. The summed E-state index contributed by atoms with van der Waals surface area (Å²) in [6, 6.07) is 0. The molecule has 0 rings (SSSR count). The molecule has 0 fully saturated rings. The van der Waals surface area contributed by atoms with Gasteiger partial charge in [0.2, 0.25) is 0 Å². The second-order valence-corrected chi connectivity index (χ2v) is 2.23. The van der Waals surface area contributed by atoms with E-state index >= 15 is 0 Å². The second-order valence-electron chi connectivity index (χ2n) is 2.23. The van der Waals surface area contributed by atoms with Crippen LogP contribution in [0.15, 0.2) is 12.7 Å². The summed E-state index contributed by atoms with van der Waals surface area (Å²) in [6.45, 7) is 5.11. The van der Waals surface area contributed by atoms with Gasteiger partial charge < -0.3 is 10.2 Å². The van der Waals surface area contributed by atoms with Crippen LogP contribution in [0.1, 0.15) is 19.8 Å². The van der Waals surface area contributed by atoms with Gasteiger partial charge in [-0.05, 0) is 19.8 Å². The van der Waals surface area contributed by atoms with Crippen LogP contribution >= 0.6 is 0 Å². The Kier molecular flexibility index (Phi) is 4.36. The van der Waals surface area contributed by atoms with Crippen LogP contribution in [0.5, 0.6) is 0 Å². The second kappa shape index (κ2) is 4.53. The third-order valence-corrected chi connectivity index (χ3v) is 1.15. The van der Waals surface area contributed by atoms with Gasteiger partial charge in [0.05, 0.1) is 12.2 Å². The lowest BCUT2D eigenvalue weighted by Crippen LogP contribution is -2.07. The van der Waals surface area contributed by atoms with E-state index in [1.165, 1.54) is 6.08 Å². The Labute approximate surface area is 55.8 Å². The van der Waals surface area contributed by atoms with Crippen molar-refractivity contribution in [2.75, 3.05) is 0 Å². The number of rotatable bonds is 4. The molecule has 54 valence electrons. The number of aliphatic hydroxyl groups excluding tert-OH is 2. The summed E-state index contributed by atoms with van der Waals surface area (Å²) < 4.78 is 0. The molecule has 0 bridgehead atoms. The Bertz CT molecular complexity index is 79.0. The first-order valence-electron chi connectivity index (χ1n) is 3.15. The zero-order valence-corrected chi connectivity index (χ0v) is 5.75. The van der Waals surface area contributed by atoms with Crippen molar-refractivity contribution in [3.8, 4) is 0 Å². The minimum Gasteiger partial charge on any atom is -0.393 e. The van der Waals surface area contributed by atoms with Gasteiger partial charge in [0.15, 0.2) is 0 Å². The highest BCUT2D eigenvalue weighted by Gasteiger charge is 2.00. The molecule has 0 spiro atoms. The summed E-state index contributed by atoms with van der Waals surface area (Å²) in [5.41, 5.74) is 0. The minimum atomic E-state index is -0.459. The van der Waals surface area contributed by atoms with Gasteiger partial charge in [0.1, 0.15) is 0 Å². The lowest BCUT2D eigenvalue weighted by atomic mass is 10.1. The van der Waals surface area contributed by atoms with Crippen molar-refractivity contribution < 1.29 is 10.2 Å². The molecule has 0 aliphatic heterocycles. The quantitative estimate of drug-likeness (QED) is 0.550. The van der Waals surface area contributed by atoms with E-state index in [1.54, 1.807) is 6.92 Å². The molecule has 0 aromatic rings. The predicted octanol–water partition coefficient (Wildman–Crippen LogP) is 0.694. The Morgan fingerprint density at radius 2 is 2.00 bits per heavy atom. The number of aliphatic hydroxyl groups is 2. The molecule has 2 heteroatoms.